The van der Waals surface area contributed by atoms with Gasteiger partial charge in [0.2, 0.25) is 11.9 Å². The second-order valence-corrected chi connectivity index (χ2v) is 9.11. The molecule has 13 heteroatoms. The largest absolute Gasteiger partial charge is 0.481 e. The lowest BCUT2D eigenvalue weighted by Gasteiger charge is -2.25. The molecule has 7 N–H and O–H groups in total. The molecule has 2 aromatic heterocycles. The highest BCUT2D eigenvalue weighted by atomic mass is 16.4. The number of amides is 2. The van der Waals surface area contributed by atoms with Crippen LogP contribution >= 0.6 is 0 Å². The summed E-state index contributed by atoms with van der Waals surface area (Å²) in [5.41, 5.74) is 6.16. The third-order valence-electron chi connectivity index (χ3n) is 4.87. The molecular formula is C23H28N8O5. The molecular weight excluding hydrogens is 468 g/mol. The number of aromatic amines is 1. The number of hydrogen-bond donors (Lipinski definition) is 6. The third-order valence-corrected chi connectivity index (χ3v) is 4.87. The van der Waals surface area contributed by atoms with Gasteiger partial charge in [0.15, 0.2) is 11.2 Å². The van der Waals surface area contributed by atoms with Crippen LogP contribution in [-0.4, -0.2) is 54.4 Å². The zero-order valence-electron chi connectivity index (χ0n) is 20.1. The van der Waals surface area contributed by atoms with E-state index in [-0.39, 0.29) is 36.5 Å². The van der Waals surface area contributed by atoms with Crippen molar-refractivity contribution in [2.45, 2.75) is 51.7 Å². The van der Waals surface area contributed by atoms with Gasteiger partial charge in [0.25, 0.3) is 11.5 Å². The summed E-state index contributed by atoms with van der Waals surface area (Å²) >= 11 is 0. The van der Waals surface area contributed by atoms with Crippen molar-refractivity contribution in [1.29, 1.82) is 0 Å². The molecule has 3 aromatic rings. The first-order valence-corrected chi connectivity index (χ1v) is 11.1. The number of aromatic nitrogens is 4. The van der Waals surface area contributed by atoms with Crippen molar-refractivity contribution in [1.82, 2.24) is 30.6 Å². The average Bonchev–Trinajstić information content (AvgIpc) is 2.79. The summed E-state index contributed by atoms with van der Waals surface area (Å²) in [6, 6.07) is 5.47. The smallest absolute Gasteiger partial charge is 0.303 e. The monoisotopic (exact) mass is 496 g/mol. The molecule has 0 saturated carbocycles. The van der Waals surface area contributed by atoms with Gasteiger partial charge in [-0.05, 0) is 51.5 Å². The zero-order chi connectivity index (χ0) is 26.5. The van der Waals surface area contributed by atoms with E-state index in [1.54, 1.807) is 45.0 Å². The molecule has 0 aliphatic heterocycles. The Morgan fingerprint density at radius 1 is 1.14 bits per heavy atom. The number of nitrogen functional groups attached to an aromatic ring is 1. The normalized spacial score (nSPS) is 12.1. The maximum Gasteiger partial charge on any atom is 0.303 e. The number of carboxylic acids is 1. The van der Waals surface area contributed by atoms with Gasteiger partial charge in [0, 0.05) is 23.2 Å². The lowest BCUT2D eigenvalue weighted by molar-refractivity contribution is -0.137. The van der Waals surface area contributed by atoms with E-state index in [1.165, 1.54) is 6.20 Å². The first-order valence-electron chi connectivity index (χ1n) is 11.1. The van der Waals surface area contributed by atoms with Crippen molar-refractivity contribution in [3.63, 3.8) is 0 Å². The summed E-state index contributed by atoms with van der Waals surface area (Å²) in [6.45, 7) is 5.63. The van der Waals surface area contributed by atoms with Crippen molar-refractivity contribution in [3.05, 3.63) is 52.1 Å². The maximum atomic E-state index is 12.7. The molecule has 1 aromatic carbocycles. The summed E-state index contributed by atoms with van der Waals surface area (Å²) in [7, 11) is 0. The average molecular weight is 497 g/mol. The Labute approximate surface area is 205 Å². The van der Waals surface area contributed by atoms with E-state index in [0.29, 0.717) is 16.9 Å². The Hall–Kier alpha value is -4.55. The number of carbonyl (C=O) groups excluding carboxylic acids is 2. The van der Waals surface area contributed by atoms with E-state index in [9.17, 15) is 19.2 Å². The molecule has 0 aliphatic rings. The number of benzene rings is 1. The van der Waals surface area contributed by atoms with Crippen LogP contribution in [0.5, 0.6) is 0 Å². The number of carboxylic acid groups (broad SMARTS) is 1. The number of carbonyl (C=O) groups is 3. The zero-order valence-corrected chi connectivity index (χ0v) is 20.1. The van der Waals surface area contributed by atoms with Gasteiger partial charge in [0.05, 0.1) is 18.4 Å². The Kier molecular flexibility index (Phi) is 7.82. The molecule has 0 spiro atoms. The van der Waals surface area contributed by atoms with Gasteiger partial charge in [-0.25, -0.2) is 9.97 Å². The Bertz CT molecular complexity index is 1330. The molecule has 0 bridgehead atoms. The summed E-state index contributed by atoms with van der Waals surface area (Å²) in [5.74, 6) is -2.06. The van der Waals surface area contributed by atoms with Crippen LogP contribution in [0.1, 0.15) is 49.7 Å². The molecule has 13 nitrogen and oxygen atoms in total. The molecule has 0 radical (unpaired) electrons. The number of aliphatic carboxylic acids is 1. The minimum atomic E-state index is -1.06. The number of nitrogens with zero attached hydrogens (tertiary/aromatic N) is 3. The summed E-state index contributed by atoms with van der Waals surface area (Å²) in [5, 5.41) is 17.5. The van der Waals surface area contributed by atoms with E-state index >= 15 is 0 Å². The van der Waals surface area contributed by atoms with E-state index in [1.807, 2.05) is 0 Å². The molecule has 36 heavy (non-hydrogen) atoms. The number of hydrogen-bond acceptors (Lipinski definition) is 9. The number of nitrogens with two attached hydrogens (primary N) is 1. The SMILES string of the molecule is CC(C)(C)NC(=O)[C@H](CCC(=O)O)NC(=O)c1ccc(NCc2cnc3nc(N)[nH]c(=O)c3n2)cc1. The number of fused-ring (bicyclic) bond motifs is 1. The first-order chi connectivity index (χ1) is 16.9. The fraction of sp³-hybridized carbons (Fsp3) is 0.348. The van der Waals surface area contributed by atoms with Crippen molar-refractivity contribution in [2.75, 3.05) is 11.1 Å². The van der Waals surface area contributed by atoms with E-state index in [4.69, 9.17) is 10.8 Å². The second kappa shape index (κ2) is 10.8. The molecule has 190 valence electrons. The predicted molar refractivity (Wildman–Crippen MR) is 132 cm³/mol. The highest BCUT2D eigenvalue weighted by Gasteiger charge is 2.25. The summed E-state index contributed by atoms with van der Waals surface area (Å²) in [6.07, 6.45) is 1.17. The fourth-order valence-corrected chi connectivity index (χ4v) is 3.22. The molecule has 0 saturated heterocycles. The Morgan fingerprint density at radius 3 is 2.47 bits per heavy atom. The summed E-state index contributed by atoms with van der Waals surface area (Å²) < 4.78 is 0. The van der Waals surface area contributed by atoms with Gasteiger partial charge in [-0.2, -0.15) is 4.98 Å². The predicted octanol–water partition coefficient (Wildman–Crippen LogP) is 0.785. The van der Waals surface area contributed by atoms with Crippen LogP contribution in [0.4, 0.5) is 11.6 Å². The molecule has 0 fully saturated rings. The van der Waals surface area contributed by atoms with Crippen molar-refractivity contribution < 1.29 is 19.5 Å². The quantitative estimate of drug-likeness (QED) is 0.245. The number of anilines is 2. The molecule has 3 rings (SSSR count). The van der Waals surface area contributed by atoms with Gasteiger partial charge in [-0.3, -0.25) is 24.2 Å². The Balaban J connectivity index is 1.64. The van der Waals surface area contributed by atoms with Gasteiger partial charge < -0.3 is 26.8 Å². The maximum absolute atomic E-state index is 12.7. The van der Waals surface area contributed by atoms with Gasteiger partial charge in [-0.1, -0.05) is 0 Å². The number of H-pyrrole nitrogens is 1. The van der Waals surface area contributed by atoms with E-state index < -0.39 is 34.9 Å². The number of nitrogens with one attached hydrogen (secondary N) is 4. The van der Waals surface area contributed by atoms with Crippen molar-refractivity contribution >= 4 is 40.6 Å². The number of rotatable bonds is 9. The van der Waals surface area contributed by atoms with Crippen LogP contribution < -0.4 is 27.2 Å². The Morgan fingerprint density at radius 2 is 1.83 bits per heavy atom. The minimum absolute atomic E-state index is 0.0413. The first kappa shape index (κ1) is 26.1. The summed E-state index contributed by atoms with van der Waals surface area (Å²) in [4.78, 5) is 62.9. The van der Waals surface area contributed by atoms with Gasteiger partial charge in [0.1, 0.15) is 6.04 Å². The fourth-order valence-electron chi connectivity index (χ4n) is 3.22. The van der Waals surface area contributed by atoms with Crippen LogP contribution in [0.2, 0.25) is 0 Å². The van der Waals surface area contributed by atoms with Crippen LogP contribution in [0.25, 0.3) is 11.2 Å². The molecule has 2 amide bonds. The van der Waals surface area contributed by atoms with Crippen molar-refractivity contribution in [3.8, 4) is 0 Å². The minimum Gasteiger partial charge on any atom is -0.481 e. The molecule has 2 heterocycles. The highest BCUT2D eigenvalue weighted by Crippen LogP contribution is 2.13. The highest BCUT2D eigenvalue weighted by molar-refractivity contribution is 5.98. The van der Waals surface area contributed by atoms with Crippen LogP contribution in [0.3, 0.4) is 0 Å². The standard InChI is InChI=1S/C23H28N8O5/c1-23(2,3)31-20(35)15(8-9-16(32)33)28-19(34)12-4-6-13(7-5-12)25-10-14-11-26-18-17(27-14)21(36)30-22(24)29-18/h4-7,11,15,25H,8-10H2,1-3H3,(H,28,34)(H,31,35)(H,32,33)(H3,24,26,29,30,36)/t15-/m0/s1. The van der Waals surface area contributed by atoms with Crippen LogP contribution in [0.15, 0.2) is 35.3 Å². The van der Waals surface area contributed by atoms with E-state index in [0.717, 1.165) is 0 Å². The lowest BCUT2D eigenvalue weighted by atomic mass is 10.1. The molecule has 0 aliphatic carbocycles. The van der Waals surface area contributed by atoms with Crippen LogP contribution in [0, 0.1) is 0 Å². The molecule has 1 atom stereocenters. The topological polar surface area (TPSA) is 205 Å². The lowest BCUT2D eigenvalue weighted by Crippen LogP contribution is -2.52. The second-order valence-electron chi connectivity index (χ2n) is 9.11. The van der Waals surface area contributed by atoms with E-state index in [2.05, 4.69) is 35.9 Å². The van der Waals surface area contributed by atoms with Gasteiger partial charge >= 0.3 is 5.97 Å². The van der Waals surface area contributed by atoms with Gasteiger partial charge in [-0.15, -0.1) is 0 Å². The third kappa shape index (κ3) is 7.22. The van der Waals surface area contributed by atoms with Crippen molar-refractivity contribution in [2.24, 2.45) is 0 Å². The molecule has 0 unspecified atom stereocenters. The van der Waals surface area contributed by atoms with Crippen LogP contribution in [-0.2, 0) is 16.1 Å².